The Kier molecular flexibility index (Phi) is 10.5. The van der Waals surface area contributed by atoms with Gasteiger partial charge in [0.05, 0.1) is 54.7 Å². The van der Waals surface area contributed by atoms with Crippen LogP contribution < -0.4 is 20.1 Å². The average molecular weight is 679 g/mol. The van der Waals surface area contributed by atoms with Crippen LogP contribution in [0.4, 0.5) is 0 Å². The third kappa shape index (κ3) is 7.19. The summed E-state index contributed by atoms with van der Waals surface area (Å²) in [6.45, 7) is 2.64. The molecule has 2 aliphatic rings. The number of likely N-dealkylation sites (tertiary alicyclic amines) is 1. The molecule has 0 bridgehead atoms. The van der Waals surface area contributed by atoms with Gasteiger partial charge < -0.3 is 25.2 Å². The standard InChI is InChI=1S/C34H37Cl2N7O4/c1-46-33-28(15-37-14-20-11-12-30(45)40-20)38-16-26(41-33)24-9-3-7-22(31(24)35)23-8-4-10-25(32(23)36)27-17-39-29(34(42-27)47-2)18-43-13-5-6-21(43)19-44/h3-4,7-10,16-17,20-21,37,44H,5-6,11-15,18-19H2,1-2H3,(H,40,45)/t20-,21+/m0/s1. The van der Waals surface area contributed by atoms with Crippen LogP contribution >= 0.6 is 23.2 Å². The Morgan fingerprint density at radius 1 is 0.915 bits per heavy atom. The van der Waals surface area contributed by atoms with Gasteiger partial charge in [0, 0.05) is 60.4 Å². The second kappa shape index (κ2) is 14.9. The van der Waals surface area contributed by atoms with Crippen molar-refractivity contribution in [2.75, 3.05) is 33.9 Å². The number of rotatable bonds is 12. The normalized spacial score (nSPS) is 18.0. The van der Waals surface area contributed by atoms with Crippen LogP contribution in [0.25, 0.3) is 33.6 Å². The summed E-state index contributed by atoms with van der Waals surface area (Å²) < 4.78 is 11.2. The van der Waals surface area contributed by atoms with Crippen molar-refractivity contribution in [3.05, 3.63) is 70.2 Å². The minimum absolute atomic E-state index is 0.0830. The van der Waals surface area contributed by atoms with Crippen LogP contribution in [-0.4, -0.2) is 81.8 Å². The van der Waals surface area contributed by atoms with E-state index in [1.165, 1.54) is 0 Å². The minimum atomic E-state index is 0.0830. The monoisotopic (exact) mass is 677 g/mol. The predicted octanol–water partition coefficient (Wildman–Crippen LogP) is 4.92. The summed E-state index contributed by atoms with van der Waals surface area (Å²) >= 11 is 14.1. The smallest absolute Gasteiger partial charge is 0.237 e. The summed E-state index contributed by atoms with van der Waals surface area (Å²) in [4.78, 5) is 32.5. The Morgan fingerprint density at radius 2 is 1.51 bits per heavy atom. The maximum absolute atomic E-state index is 11.5. The highest BCUT2D eigenvalue weighted by Gasteiger charge is 2.26. The molecule has 4 heterocycles. The number of ether oxygens (including phenoxy) is 2. The van der Waals surface area contributed by atoms with Gasteiger partial charge in [0.2, 0.25) is 17.7 Å². The number of aliphatic hydroxyl groups excluding tert-OH is 1. The molecular formula is C34H37Cl2N7O4. The largest absolute Gasteiger partial charge is 0.480 e. The van der Waals surface area contributed by atoms with E-state index in [4.69, 9.17) is 47.6 Å². The summed E-state index contributed by atoms with van der Waals surface area (Å²) in [5.74, 6) is 0.892. The Hall–Kier alpha value is -3.87. The van der Waals surface area contributed by atoms with Gasteiger partial charge >= 0.3 is 0 Å². The van der Waals surface area contributed by atoms with Gasteiger partial charge in [0.25, 0.3) is 0 Å². The molecule has 2 atom stereocenters. The fraction of sp³-hybridized carbons (Fsp3) is 0.382. The van der Waals surface area contributed by atoms with E-state index in [1.54, 1.807) is 26.6 Å². The van der Waals surface area contributed by atoms with E-state index < -0.39 is 0 Å². The molecule has 2 saturated heterocycles. The Morgan fingerprint density at radius 3 is 2.09 bits per heavy atom. The molecule has 3 N–H and O–H groups in total. The molecule has 0 unspecified atom stereocenters. The lowest BCUT2D eigenvalue weighted by molar-refractivity contribution is -0.119. The van der Waals surface area contributed by atoms with Gasteiger partial charge in [0.15, 0.2) is 0 Å². The summed E-state index contributed by atoms with van der Waals surface area (Å²) in [6.07, 6.45) is 6.75. The number of benzene rings is 2. The van der Waals surface area contributed by atoms with E-state index in [0.29, 0.717) is 81.8 Å². The van der Waals surface area contributed by atoms with Crippen LogP contribution in [0.3, 0.4) is 0 Å². The molecule has 0 spiro atoms. The number of nitrogens with zero attached hydrogens (tertiary/aromatic N) is 5. The number of aromatic nitrogens is 4. The number of hydrogen-bond donors (Lipinski definition) is 3. The third-order valence-corrected chi connectivity index (χ3v) is 9.49. The zero-order valence-electron chi connectivity index (χ0n) is 26.3. The number of amides is 1. The van der Waals surface area contributed by atoms with E-state index >= 15 is 0 Å². The van der Waals surface area contributed by atoms with Gasteiger partial charge in [-0.05, 0) is 25.8 Å². The topological polar surface area (TPSA) is 135 Å². The van der Waals surface area contributed by atoms with E-state index in [1.807, 2.05) is 36.4 Å². The molecule has 0 saturated carbocycles. The maximum atomic E-state index is 11.5. The summed E-state index contributed by atoms with van der Waals surface area (Å²) in [7, 11) is 3.13. The molecule has 13 heteroatoms. The van der Waals surface area contributed by atoms with Crippen molar-refractivity contribution in [3.63, 3.8) is 0 Å². The minimum Gasteiger partial charge on any atom is -0.480 e. The van der Waals surface area contributed by atoms with Gasteiger partial charge in [-0.15, -0.1) is 0 Å². The molecule has 0 radical (unpaired) electrons. The number of nitrogens with one attached hydrogen (secondary N) is 2. The van der Waals surface area contributed by atoms with Crippen LogP contribution in [0.1, 0.15) is 37.1 Å². The van der Waals surface area contributed by atoms with Crippen molar-refractivity contribution in [1.82, 2.24) is 35.5 Å². The lowest BCUT2D eigenvalue weighted by Gasteiger charge is -2.22. The first kappa shape index (κ1) is 33.0. The van der Waals surface area contributed by atoms with Gasteiger partial charge in [0.1, 0.15) is 11.4 Å². The zero-order valence-corrected chi connectivity index (χ0v) is 27.8. The highest BCUT2D eigenvalue weighted by atomic mass is 35.5. The van der Waals surface area contributed by atoms with Crippen molar-refractivity contribution in [2.24, 2.45) is 0 Å². The molecule has 2 aromatic heterocycles. The first-order valence-corrected chi connectivity index (χ1v) is 16.4. The number of halogens is 2. The van der Waals surface area contributed by atoms with Gasteiger partial charge in [-0.25, -0.2) is 9.97 Å². The molecule has 2 aliphatic heterocycles. The quantitative estimate of drug-likeness (QED) is 0.190. The number of carbonyl (C=O) groups excluding carboxylic acids is 1. The molecule has 1 amide bonds. The number of methoxy groups -OCH3 is 2. The second-order valence-electron chi connectivity index (χ2n) is 11.6. The average Bonchev–Trinajstić information content (AvgIpc) is 3.73. The molecule has 6 rings (SSSR count). The predicted molar refractivity (Wildman–Crippen MR) is 180 cm³/mol. The first-order chi connectivity index (χ1) is 22.9. The molecular weight excluding hydrogens is 641 g/mol. The molecule has 47 heavy (non-hydrogen) atoms. The van der Waals surface area contributed by atoms with Crippen LogP contribution in [0, 0.1) is 0 Å². The fourth-order valence-electron chi connectivity index (χ4n) is 6.18. The Labute approximate surface area is 283 Å². The number of hydrogen-bond acceptors (Lipinski definition) is 10. The molecule has 0 aliphatic carbocycles. The third-order valence-electron chi connectivity index (χ3n) is 8.68. The summed E-state index contributed by atoms with van der Waals surface area (Å²) in [6, 6.07) is 11.6. The van der Waals surface area contributed by atoms with Crippen molar-refractivity contribution >= 4 is 29.1 Å². The van der Waals surface area contributed by atoms with Crippen molar-refractivity contribution in [3.8, 4) is 45.4 Å². The van der Waals surface area contributed by atoms with E-state index in [2.05, 4.69) is 20.5 Å². The maximum Gasteiger partial charge on any atom is 0.237 e. The van der Waals surface area contributed by atoms with Crippen molar-refractivity contribution in [2.45, 2.75) is 50.9 Å². The lowest BCUT2D eigenvalue weighted by Crippen LogP contribution is -2.35. The molecule has 2 aromatic carbocycles. The number of aliphatic hydroxyl groups is 1. The fourth-order valence-corrected chi connectivity index (χ4v) is 6.83. The zero-order chi connectivity index (χ0) is 32.9. The van der Waals surface area contributed by atoms with Crippen LogP contribution in [0.2, 0.25) is 10.0 Å². The van der Waals surface area contributed by atoms with Crippen molar-refractivity contribution in [1.29, 1.82) is 0 Å². The summed E-state index contributed by atoms with van der Waals surface area (Å²) in [5, 5.41) is 16.9. The lowest BCUT2D eigenvalue weighted by atomic mass is 9.98. The highest BCUT2D eigenvalue weighted by Crippen LogP contribution is 2.42. The number of carbonyl (C=O) groups is 1. The molecule has 4 aromatic rings. The van der Waals surface area contributed by atoms with Gasteiger partial charge in [-0.2, -0.15) is 0 Å². The highest BCUT2D eigenvalue weighted by molar-refractivity contribution is 6.39. The van der Waals surface area contributed by atoms with Crippen LogP contribution in [0.5, 0.6) is 11.8 Å². The second-order valence-corrected chi connectivity index (χ2v) is 12.4. The molecule has 2 fully saturated rings. The van der Waals surface area contributed by atoms with E-state index in [9.17, 15) is 9.90 Å². The molecule has 11 nitrogen and oxygen atoms in total. The summed E-state index contributed by atoms with van der Waals surface area (Å²) in [5.41, 5.74) is 5.30. The molecule has 246 valence electrons. The Balaban J connectivity index is 1.24. The SMILES string of the molecule is COc1nc(-c2cccc(-c3cccc(-c4cnc(CN5CCC[C@@H]5CO)c(OC)n4)c3Cl)c2Cl)cnc1CNC[C@@H]1CCC(=O)N1. The van der Waals surface area contributed by atoms with Crippen molar-refractivity contribution < 1.29 is 19.4 Å². The Bertz CT molecular complexity index is 1760. The van der Waals surface area contributed by atoms with Gasteiger partial charge in [-0.3, -0.25) is 19.7 Å². The van der Waals surface area contributed by atoms with E-state index in [0.717, 1.165) is 36.9 Å². The first-order valence-electron chi connectivity index (χ1n) is 15.6. The van der Waals surface area contributed by atoms with Gasteiger partial charge in [-0.1, -0.05) is 59.6 Å². The van der Waals surface area contributed by atoms with Crippen LogP contribution in [-0.2, 0) is 17.9 Å². The van der Waals surface area contributed by atoms with Crippen LogP contribution in [0.15, 0.2) is 48.8 Å². The van der Waals surface area contributed by atoms with E-state index in [-0.39, 0.29) is 24.6 Å².